The molecule has 2 amide bonds. The molecule has 0 aliphatic rings. The van der Waals surface area contributed by atoms with Gasteiger partial charge in [0.05, 0.1) is 17.3 Å². The monoisotopic (exact) mass is 359 g/mol. The van der Waals surface area contributed by atoms with Crippen molar-refractivity contribution in [3.8, 4) is 0 Å². The van der Waals surface area contributed by atoms with Crippen LogP contribution < -0.4 is 15.5 Å². The van der Waals surface area contributed by atoms with Crippen LogP contribution in [0.5, 0.6) is 0 Å². The fraction of sp³-hybridized carbons (Fsp3) is 0.263. The van der Waals surface area contributed by atoms with Crippen molar-refractivity contribution in [1.29, 1.82) is 0 Å². The standard InChI is InChI=1S/C19H22ClN3O2/c1-12-7-13(2)9-14(8-12)19(25)21-11-18(24)22-15-5-6-17(23(3)4)16(20)10-15/h5-10H,11H2,1-4H3,(H,21,25)(H,22,24). The number of rotatable bonds is 5. The summed E-state index contributed by atoms with van der Waals surface area (Å²) < 4.78 is 0. The fourth-order valence-electron chi connectivity index (χ4n) is 2.52. The highest BCUT2D eigenvalue weighted by Crippen LogP contribution is 2.27. The van der Waals surface area contributed by atoms with Gasteiger partial charge < -0.3 is 15.5 Å². The van der Waals surface area contributed by atoms with Gasteiger partial charge in [-0.1, -0.05) is 28.8 Å². The van der Waals surface area contributed by atoms with E-state index in [0.717, 1.165) is 16.8 Å². The van der Waals surface area contributed by atoms with Gasteiger partial charge in [0.1, 0.15) is 0 Å². The van der Waals surface area contributed by atoms with Gasteiger partial charge in [0.2, 0.25) is 5.91 Å². The normalized spacial score (nSPS) is 10.3. The zero-order valence-corrected chi connectivity index (χ0v) is 15.6. The Morgan fingerprint density at radius 3 is 2.24 bits per heavy atom. The molecule has 0 saturated heterocycles. The van der Waals surface area contributed by atoms with Crippen molar-refractivity contribution in [2.75, 3.05) is 30.9 Å². The molecule has 5 nitrogen and oxygen atoms in total. The van der Waals surface area contributed by atoms with Gasteiger partial charge in [-0.25, -0.2) is 0 Å². The molecular formula is C19H22ClN3O2. The second-order valence-corrected chi connectivity index (χ2v) is 6.58. The van der Waals surface area contributed by atoms with Gasteiger partial charge in [-0.15, -0.1) is 0 Å². The number of benzene rings is 2. The summed E-state index contributed by atoms with van der Waals surface area (Å²) in [6.07, 6.45) is 0. The maximum Gasteiger partial charge on any atom is 0.251 e. The van der Waals surface area contributed by atoms with Crippen LogP contribution in [-0.2, 0) is 4.79 Å². The first-order valence-electron chi connectivity index (χ1n) is 7.89. The summed E-state index contributed by atoms with van der Waals surface area (Å²) in [4.78, 5) is 26.1. The summed E-state index contributed by atoms with van der Waals surface area (Å²) >= 11 is 6.18. The Morgan fingerprint density at radius 2 is 1.68 bits per heavy atom. The van der Waals surface area contributed by atoms with E-state index in [9.17, 15) is 9.59 Å². The van der Waals surface area contributed by atoms with Crippen LogP contribution in [-0.4, -0.2) is 32.5 Å². The van der Waals surface area contributed by atoms with E-state index in [1.807, 2.05) is 45.0 Å². The van der Waals surface area contributed by atoms with Crippen molar-refractivity contribution in [2.45, 2.75) is 13.8 Å². The molecule has 2 aromatic rings. The Balaban J connectivity index is 1.94. The third kappa shape index (κ3) is 5.22. The van der Waals surface area contributed by atoms with Gasteiger partial charge in [-0.3, -0.25) is 9.59 Å². The SMILES string of the molecule is Cc1cc(C)cc(C(=O)NCC(=O)Nc2ccc(N(C)C)c(Cl)c2)c1. The minimum absolute atomic E-state index is 0.112. The average molecular weight is 360 g/mol. The maximum atomic E-state index is 12.2. The van der Waals surface area contributed by atoms with Gasteiger partial charge in [-0.05, 0) is 44.2 Å². The van der Waals surface area contributed by atoms with Crippen LogP contribution in [0.15, 0.2) is 36.4 Å². The smallest absolute Gasteiger partial charge is 0.251 e. The largest absolute Gasteiger partial charge is 0.376 e. The number of hydrogen-bond acceptors (Lipinski definition) is 3. The molecule has 0 aliphatic carbocycles. The summed E-state index contributed by atoms with van der Waals surface area (Å²) in [7, 11) is 3.78. The molecule has 6 heteroatoms. The van der Waals surface area contributed by atoms with Gasteiger partial charge in [0, 0.05) is 25.3 Å². The molecule has 2 N–H and O–H groups in total. The molecule has 132 valence electrons. The summed E-state index contributed by atoms with van der Waals surface area (Å²) in [5, 5.41) is 5.89. The first-order chi connectivity index (χ1) is 11.8. The number of amides is 2. The molecule has 2 rings (SSSR count). The van der Waals surface area contributed by atoms with E-state index in [2.05, 4.69) is 10.6 Å². The summed E-state index contributed by atoms with van der Waals surface area (Å²) in [5.74, 6) is -0.589. The van der Waals surface area contributed by atoms with E-state index >= 15 is 0 Å². The molecule has 0 aliphatic heterocycles. The molecule has 2 aromatic carbocycles. The molecular weight excluding hydrogens is 338 g/mol. The van der Waals surface area contributed by atoms with Crippen molar-refractivity contribution in [3.05, 3.63) is 58.1 Å². The number of hydrogen-bond donors (Lipinski definition) is 2. The van der Waals surface area contributed by atoms with E-state index in [-0.39, 0.29) is 18.4 Å². The van der Waals surface area contributed by atoms with Crippen LogP contribution >= 0.6 is 11.6 Å². The zero-order chi connectivity index (χ0) is 18.6. The Bertz CT molecular complexity index is 783. The molecule has 0 saturated carbocycles. The second-order valence-electron chi connectivity index (χ2n) is 6.17. The lowest BCUT2D eigenvalue weighted by Crippen LogP contribution is -2.32. The Kier molecular flexibility index (Phi) is 6.04. The molecule has 0 radical (unpaired) electrons. The highest BCUT2D eigenvalue weighted by atomic mass is 35.5. The van der Waals surface area contributed by atoms with Crippen molar-refractivity contribution in [2.24, 2.45) is 0 Å². The third-order valence-corrected chi connectivity index (χ3v) is 3.91. The van der Waals surface area contributed by atoms with Crippen molar-refractivity contribution in [3.63, 3.8) is 0 Å². The lowest BCUT2D eigenvalue weighted by atomic mass is 10.1. The van der Waals surface area contributed by atoms with Crippen LogP contribution in [0.3, 0.4) is 0 Å². The number of nitrogens with zero attached hydrogens (tertiary/aromatic N) is 1. The number of carbonyl (C=O) groups is 2. The fourth-order valence-corrected chi connectivity index (χ4v) is 2.87. The lowest BCUT2D eigenvalue weighted by molar-refractivity contribution is -0.115. The highest BCUT2D eigenvalue weighted by Gasteiger charge is 2.10. The minimum atomic E-state index is -0.314. The van der Waals surface area contributed by atoms with E-state index in [0.29, 0.717) is 16.3 Å². The van der Waals surface area contributed by atoms with Crippen LogP contribution in [0.2, 0.25) is 5.02 Å². The molecule has 0 atom stereocenters. The lowest BCUT2D eigenvalue weighted by Gasteiger charge is -2.15. The molecule has 0 fully saturated rings. The van der Waals surface area contributed by atoms with E-state index in [1.54, 1.807) is 24.3 Å². The summed E-state index contributed by atoms with van der Waals surface area (Å²) in [6, 6.07) is 10.8. The van der Waals surface area contributed by atoms with Crippen molar-refractivity contribution >= 4 is 34.8 Å². The maximum absolute atomic E-state index is 12.2. The van der Waals surface area contributed by atoms with Crippen LogP contribution in [0.4, 0.5) is 11.4 Å². The van der Waals surface area contributed by atoms with Crippen LogP contribution in [0.25, 0.3) is 0 Å². The van der Waals surface area contributed by atoms with Gasteiger partial charge in [0.25, 0.3) is 5.91 Å². The third-order valence-electron chi connectivity index (χ3n) is 3.61. The first kappa shape index (κ1) is 18.8. The van der Waals surface area contributed by atoms with Crippen molar-refractivity contribution < 1.29 is 9.59 Å². The van der Waals surface area contributed by atoms with E-state index in [4.69, 9.17) is 11.6 Å². The molecule has 0 aromatic heterocycles. The van der Waals surface area contributed by atoms with Crippen LogP contribution in [0.1, 0.15) is 21.5 Å². The predicted octanol–water partition coefficient (Wildman–Crippen LogP) is 3.39. The Morgan fingerprint density at radius 1 is 1.04 bits per heavy atom. The molecule has 0 spiro atoms. The highest BCUT2D eigenvalue weighted by molar-refractivity contribution is 6.33. The minimum Gasteiger partial charge on any atom is -0.376 e. The molecule has 25 heavy (non-hydrogen) atoms. The number of anilines is 2. The summed E-state index contributed by atoms with van der Waals surface area (Å²) in [6.45, 7) is 3.74. The summed E-state index contributed by atoms with van der Waals surface area (Å²) in [5.41, 5.74) is 4.00. The number of carbonyl (C=O) groups excluding carboxylic acids is 2. The first-order valence-corrected chi connectivity index (χ1v) is 8.27. The topological polar surface area (TPSA) is 61.4 Å². The molecule has 0 heterocycles. The number of halogens is 1. The molecule has 0 bridgehead atoms. The Hall–Kier alpha value is -2.53. The Labute approximate surface area is 153 Å². The van der Waals surface area contributed by atoms with Crippen molar-refractivity contribution in [1.82, 2.24) is 5.32 Å². The van der Waals surface area contributed by atoms with E-state index < -0.39 is 0 Å². The van der Waals surface area contributed by atoms with Gasteiger partial charge >= 0.3 is 0 Å². The number of aryl methyl sites for hydroxylation is 2. The average Bonchev–Trinajstić information content (AvgIpc) is 2.51. The second kappa shape index (κ2) is 8.03. The predicted molar refractivity (Wildman–Crippen MR) is 103 cm³/mol. The molecule has 0 unspecified atom stereocenters. The van der Waals surface area contributed by atoms with Gasteiger partial charge in [-0.2, -0.15) is 0 Å². The zero-order valence-electron chi connectivity index (χ0n) is 14.8. The van der Waals surface area contributed by atoms with Gasteiger partial charge in [0.15, 0.2) is 0 Å². The van der Waals surface area contributed by atoms with Crippen LogP contribution in [0, 0.1) is 13.8 Å². The quantitative estimate of drug-likeness (QED) is 0.860. The van der Waals surface area contributed by atoms with E-state index in [1.165, 1.54) is 0 Å². The number of nitrogens with one attached hydrogen (secondary N) is 2.